The van der Waals surface area contributed by atoms with E-state index in [0.29, 0.717) is 30.3 Å². The molecule has 172 valence electrons. The van der Waals surface area contributed by atoms with Crippen molar-refractivity contribution >= 4 is 23.2 Å². The van der Waals surface area contributed by atoms with Crippen molar-refractivity contribution in [2.24, 2.45) is 0 Å². The number of hydrogen-bond acceptors (Lipinski definition) is 7. The van der Waals surface area contributed by atoms with E-state index < -0.39 is 11.8 Å². The largest absolute Gasteiger partial charge is 0.497 e. The minimum atomic E-state index is -0.721. The van der Waals surface area contributed by atoms with E-state index in [1.807, 2.05) is 12.1 Å². The molecule has 0 saturated carbocycles. The van der Waals surface area contributed by atoms with Gasteiger partial charge in [-0.1, -0.05) is 0 Å². The molecule has 0 atom stereocenters. The van der Waals surface area contributed by atoms with Crippen LogP contribution >= 0.6 is 0 Å². The predicted octanol–water partition coefficient (Wildman–Crippen LogP) is 1.59. The highest BCUT2D eigenvalue weighted by molar-refractivity contribution is 6.39. The molecule has 2 aromatic rings. The topological polar surface area (TPSA) is 92.4 Å². The van der Waals surface area contributed by atoms with Crippen LogP contribution in [0, 0.1) is 0 Å². The van der Waals surface area contributed by atoms with E-state index in [1.165, 1.54) is 19.9 Å². The number of nitrogens with zero attached hydrogens (tertiary/aromatic N) is 2. The molecule has 0 bridgehead atoms. The van der Waals surface area contributed by atoms with Crippen molar-refractivity contribution in [3.05, 3.63) is 42.5 Å². The number of piperazine rings is 1. The number of methoxy groups -OCH3 is 3. The molecule has 0 spiro atoms. The molecule has 1 fully saturated rings. The summed E-state index contributed by atoms with van der Waals surface area (Å²) in [6, 6.07) is 13.0. The van der Waals surface area contributed by atoms with Crippen LogP contribution in [0.3, 0.4) is 0 Å². The van der Waals surface area contributed by atoms with Gasteiger partial charge in [-0.15, -0.1) is 0 Å². The standard InChI is InChI=1S/C23H30N4O5/c1-30-19-7-5-18(6-8-19)27-14-12-26(13-15-27)11-10-24-22(28)23(29)25-17-4-9-20(31-2)21(16-17)32-3/h4-9,16H,10-15H2,1-3H3,(H,24,28)(H,25,29). The van der Waals surface area contributed by atoms with Gasteiger partial charge in [-0.3, -0.25) is 14.5 Å². The number of hydrogen-bond donors (Lipinski definition) is 2. The Kier molecular flexibility index (Phi) is 8.15. The Morgan fingerprint density at radius 1 is 0.844 bits per heavy atom. The van der Waals surface area contributed by atoms with Crippen LogP contribution in [0.25, 0.3) is 0 Å². The lowest BCUT2D eigenvalue weighted by molar-refractivity contribution is -0.136. The quantitative estimate of drug-likeness (QED) is 0.600. The lowest BCUT2D eigenvalue weighted by Gasteiger charge is -2.36. The summed E-state index contributed by atoms with van der Waals surface area (Å²) >= 11 is 0. The summed E-state index contributed by atoms with van der Waals surface area (Å²) in [6.07, 6.45) is 0. The van der Waals surface area contributed by atoms with Crippen molar-refractivity contribution in [3.8, 4) is 17.2 Å². The van der Waals surface area contributed by atoms with Gasteiger partial charge in [0.25, 0.3) is 0 Å². The minimum Gasteiger partial charge on any atom is -0.497 e. The predicted molar refractivity (Wildman–Crippen MR) is 123 cm³/mol. The summed E-state index contributed by atoms with van der Waals surface area (Å²) in [4.78, 5) is 28.9. The Morgan fingerprint density at radius 2 is 1.53 bits per heavy atom. The summed E-state index contributed by atoms with van der Waals surface area (Å²) < 4.78 is 15.6. The van der Waals surface area contributed by atoms with Gasteiger partial charge in [-0.2, -0.15) is 0 Å². The summed E-state index contributed by atoms with van der Waals surface area (Å²) in [7, 11) is 4.70. The van der Waals surface area contributed by atoms with E-state index in [4.69, 9.17) is 14.2 Å². The molecule has 0 unspecified atom stereocenters. The summed E-state index contributed by atoms with van der Waals surface area (Å²) in [5.41, 5.74) is 1.63. The lowest BCUT2D eigenvalue weighted by atomic mass is 10.2. The van der Waals surface area contributed by atoms with Crippen LogP contribution in [0.15, 0.2) is 42.5 Å². The Balaban J connectivity index is 1.39. The zero-order valence-electron chi connectivity index (χ0n) is 18.7. The summed E-state index contributed by atoms with van der Waals surface area (Å²) in [6.45, 7) is 4.67. The first-order valence-electron chi connectivity index (χ1n) is 10.5. The molecule has 9 heteroatoms. The van der Waals surface area contributed by atoms with Crippen molar-refractivity contribution in [1.29, 1.82) is 0 Å². The molecular formula is C23H30N4O5. The Labute approximate surface area is 188 Å². The third-order valence-corrected chi connectivity index (χ3v) is 5.37. The zero-order chi connectivity index (χ0) is 22.9. The molecule has 32 heavy (non-hydrogen) atoms. The van der Waals surface area contributed by atoms with Crippen molar-refractivity contribution in [2.45, 2.75) is 0 Å². The highest BCUT2D eigenvalue weighted by atomic mass is 16.5. The number of benzene rings is 2. The van der Waals surface area contributed by atoms with Gasteiger partial charge in [-0.05, 0) is 36.4 Å². The van der Waals surface area contributed by atoms with Gasteiger partial charge in [0.2, 0.25) is 0 Å². The molecule has 0 radical (unpaired) electrons. The first-order valence-corrected chi connectivity index (χ1v) is 10.5. The van der Waals surface area contributed by atoms with E-state index in [0.717, 1.165) is 31.9 Å². The van der Waals surface area contributed by atoms with Crippen LogP contribution in [0.2, 0.25) is 0 Å². The van der Waals surface area contributed by atoms with Gasteiger partial charge in [0.1, 0.15) is 5.75 Å². The molecule has 1 aliphatic heterocycles. The van der Waals surface area contributed by atoms with Crippen molar-refractivity contribution < 1.29 is 23.8 Å². The number of carbonyl (C=O) groups excluding carboxylic acids is 2. The molecule has 1 aliphatic rings. The second-order valence-corrected chi connectivity index (χ2v) is 7.31. The molecule has 0 aliphatic carbocycles. The number of ether oxygens (including phenoxy) is 3. The number of amides is 2. The summed E-state index contributed by atoms with van der Waals surface area (Å²) in [5, 5.41) is 5.25. The van der Waals surface area contributed by atoms with Gasteiger partial charge in [0, 0.05) is 56.7 Å². The molecular weight excluding hydrogens is 412 g/mol. The van der Waals surface area contributed by atoms with Crippen LogP contribution in [-0.2, 0) is 9.59 Å². The van der Waals surface area contributed by atoms with Crippen LogP contribution in [-0.4, -0.2) is 77.3 Å². The van der Waals surface area contributed by atoms with E-state index in [-0.39, 0.29) is 0 Å². The third kappa shape index (κ3) is 6.04. The molecule has 9 nitrogen and oxygen atoms in total. The summed E-state index contributed by atoms with van der Waals surface area (Å²) in [5.74, 6) is 0.470. The van der Waals surface area contributed by atoms with Crippen LogP contribution < -0.4 is 29.7 Å². The number of anilines is 2. The Bertz CT molecular complexity index is 911. The highest BCUT2D eigenvalue weighted by Gasteiger charge is 2.19. The Hall–Kier alpha value is -3.46. The molecule has 2 amide bonds. The maximum absolute atomic E-state index is 12.2. The van der Waals surface area contributed by atoms with Gasteiger partial charge in [0.05, 0.1) is 21.3 Å². The fourth-order valence-electron chi connectivity index (χ4n) is 3.53. The van der Waals surface area contributed by atoms with Crippen LogP contribution in [0.5, 0.6) is 17.2 Å². The fourth-order valence-corrected chi connectivity index (χ4v) is 3.53. The number of nitrogens with one attached hydrogen (secondary N) is 2. The Morgan fingerprint density at radius 3 is 2.16 bits per heavy atom. The second-order valence-electron chi connectivity index (χ2n) is 7.31. The monoisotopic (exact) mass is 442 g/mol. The van der Waals surface area contributed by atoms with E-state index in [9.17, 15) is 9.59 Å². The SMILES string of the molecule is COc1ccc(N2CCN(CCNC(=O)C(=O)Nc3ccc(OC)c(OC)c3)CC2)cc1. The molecule has 0 aromatic heterocycles. The fraction of sp³-hybridized carbons (Fsp3) is 0.391. The van der Waals surface area contributed by atoms with E-state index >= 15 is 0 Å². The zero-order valence-corrected chi connectivity index (χ0v) is 18.7. The average molecular weight is 443 g/mol. The number of rotatable bonds is 8. The molecule has 3 rings (SSSR count). The van der Waals surface area contributed by atoms with Gasteiger partial charge < -0.3 is 29.7 Å². The van der Waals surface area contributed by atoms with Crippen LogP contribution in [0.1, 0.15) is 0 Å². The highest BCUT2D eigenvalue weighted by Crippen LogP contribution is 2.29. The molecule has 1 saturated heterocycles. The van der Waals surface area contributed by atoms with E-state index in [1.54, 1.807) is 25.3 Å². The first-order chi connectivity index (χ1) is 15.5. The smallest absolute Gasteiger partial charge is 0.313 e. The van der Waals surface area contributed by atoms with E-state index in [2.05, 4.69) is 32.6 Å². The normalized spacial score (nSPS) is 13.9. The maximum Gasteiger partial charge on any atom is 0.313 e. The molecule has 2 aromatic carbocycles. The lowest BCUT2D eigenvalue weighted by Crippen LogP contribution is -2.49. The maximum atomic E-state index is 12.2. The van der Waals surface area contributed by atoms with Gasteiger partial charge in [0.15, 0.2) is 11.5 Å². The van der Waals surface area contributed by atoms with Crippen molar-refractivity contribution in [2.75, 3.05) is 70.8 Å². The molecule has 1 heterocycles. The van der Waals surface area contributed by atoms with Gasteiger partial charge >= 0.3 is 11.8 Å². The van der Waals surface area contributed by atoms with Crippen molar-refractivity contribution in [1.82, 2.24) is 10.2 Å². The average Bonchev–Trinajstić information content (AvgIpc) is 2.84. The number of carbonyl (C=O) groups is 2. The van der Waals surface area contributed by atoms with Gasteiger partial charge in [-0.25, -0.2) is 0 Å². The third-order valence-electron chi connectivity index (χ3n) is 5.37. The second kappa shape index (κ2) is 11.2. The first kappa shape index (κ1) is 23.2. The molecule has 2 N–H and O–H groups in total. The minimum absolute atomic E-state index is 0.403. The van der Waals surface area contributed by atoms with Crippen LogP contribution in [0.4, 0.5) is 11.4 Å². The van der Waals surface area contributed by atoms with Crippen molar-refractivity contribution in [3.63, 3.8) is 0 Å².